The predicted molar refractivity (Wildman–Crippen MR) is 57.8 cm³/mol. The van der Waals surface area contributed by atoms with Gasteiger partial charge in [0.05, 0.1) is 0 Å². The van der Waals surface area contributed by atoms with Crippen LogP contribution in [0.5, 0.6) is 0 Å². The van der Waals surface area contributed by atoms with E-state index in [1.165, 1.54) is 19.3 Å². The molecule has 0 saturated heterocycles. The zero-order valence-electron chi connectivity index (χ0n) is 7.68. The number of nitrogens with zero attached hydrogens (tertiary/aromatic N) is 1. The number of hydrogen-bond acceptors (Lipinski definition) is 2. The molecule has 1 saturated carbocycles. The van der Waals surface area contributed by atoms with Gasteiger partial charge >= 0.3 is 0 Å². The van der Waals surface area contributed by atoms with Crippen molar-refractivity contribution in [2.24, 2.45) is 0 Å². The van der Waals surface area contributed by atoms with Crippen LogP contribution in [0, 0.1) is 0 Å². The van der Waals surface area contributed by atoms with Crippen molar-refractivity contribution in [1.29, 1.82) is 0 Å². The van der Waals surface area contributed by atoms with Gasteiger partial charge in [0.2, 0.25) is 0 Å². The number of aromatic nitrogens is 1. The van der Waals surface area contributed by atoms with E-state index in [0.29, 0.717) is 5.54 Å². The number of anilines is 1. The van der Waals surface area contributed by atoms with Crippen LogP contribution >= 0.6 is 15.9 Å². The molecular formula is C10H13BrN2. The molecule has 1 aliphatic rings. The van der Waals surface area contributed by atoms with Crippen LogP contribution in [0.4, 0.5) is 5.82 Å². The molecule has 1 heterocycles. The number of nitrogens with one attached hydrogen (secondary N) is 1. The Balaban J connectivity index is 2.09. The monoisotopic (exact) mass is 240 g/mol. The van der Waals surface area contributed by atoms with Crippen molar-refractivity contribution < 1.29 is 0 Å². The summed E-state index contributed by atoms with van der Waals surface area (Å²) in [7, 11) is 0. The number of halogens is 1. The van der Waals surface area contributed by atoms with E-state index in [-0.39, 0.29) is 0 Å². The third-order valence-electron chi connectivity index (χ3n) is 2.64. The molecule has 1 aliphatic carbocycles. The first-order chi connectivity index (χ1) is 6.24. The normalized spacial score (nSPS) is 18.3. The zero-order valence-corrected chi connectivity index (χ0v) is 9.26. The standard InChI is InChI=1S/C10H13BrN2/c1-2-10(6-7-10)13-9-5-3-4-8(11)12-9/h3-5H,2,6-7H2,1H3,(H,12,13). The molecule has 0 spiro atoms. The maximum atomic E-state index is 4.35. The maximum Gasteiger partial charge on any atom is 0.127 e. The number of rotatable bonds is 3. The molecule has 1 N–H and O–H groups in total. The fourth-order valence-corrected chi connectivity index (χ4v) is 1.81. The van der Waals surface area contributed by atoms with Gasteiger partial charge in [-0.3, -0.25) is 0 Å². The van der Waals surface area contributed by atoms with E-state index in [1.807, 2.05) is 18.2 Å². The zero-order chi connectivity index (χ0) is 9.31. The summed E-state index contributed by atoms with van der Waals surface area (Å²) in [5.41, 5.74) is 0.355. The van der Waals surface area contributed by atoms with Crippen LogP contribution in [0.3, 0.4) is 0 Å². The average molecular weight is 241 g/mol. The smallest absolute Gasteiger partial charge is 0.127 e. The highest BCUT2D eigenvalue weighted by molar-refractivity contribution is 9.10. The van der Waals surface area contributed by atoms with E-state index >= 15 is 0 Å². The second kappa shape index (κ2) is 3.29. The highest BCUT2D eigenvalue weighted by Crippen LogP contribution is 2.41. The third-order valence-corrected chi connectivity index (χ3v) is 3.08. The van der Waals surface area contributed by atoms with Crippen LogP contribution < -0.4 is 5.32 Å². The topological polar surface area (TPSA) is 24.9 Å². The first kappa shape index (κ1) is 9.00. The summed E-state index contributed by atoms with van der Waals surface area (Å²) < 4.78 is 0.893. The minimum absolute atomic E-state index is 0.355. The second-order valence-electron chi connectivity index (χ2n) is 3.60. The molecule has 3 heteroatoms. The summed E-state index contributed by atoms with van der Waals surface area (Å²) in [5, 5.41) is 3.48. The van der Waals surface area contributed by atoms with Crippen LogP contribution in [0.1, 0.15) is 26.2 Å². The molecule has 2 rings (SSSR count). The molecule has 13 heavy (non-hydrogen) atoms. The van der Waals surface area contributed by atoms with Crippen LogP contribution in [0.15, 0.2) is 22.8 Å². The molecule has 0 atom stereocenters. The Morgan fingerprint density at radius 1 is 1.54 bits per heavy atom. The largest absolute Gasteiger partial charge is 0.365 e. The summed E-state index contributed by atoms with van der Waals surface area (Å²) >= 11 is 3.36. The Bertz CT molecular complexity index is 308. The van der Waals surface area contributed by atoms with E-state index in [9.17, 15) is 0 Å². The van der Waals surface area contributed by atoms with Crippen molar-refractivity contribution >= 4 is 21.7 Å². The van der Waals surface area contributed by atoms with E-state index in [4.69, 9.17) is 0 Å². The molecule has 1 aromatic rings. The molecule has 70 valence electrons. The third kappa shape index (κ3) is 2.02. The van der Waals surface area contributed by atoms with Gasteiger partial charge < -0.3 is 5.32 Å². The van der Waals surface area contributed by atoms with Gasteiger partial charge in [-0.05, 0) is 47.3 Å². The Labute approximate surface area is 86.9 Å². The Hall–Kier alpha value is -0.570. The number of hydrogen-bond donors (Lipinski definition) is 1. The molecule has 0 amide bonds. The molecule has 0 bridgehead atoms. The van der Waals surface area contributed by atoms with E-state index < -0.39 is 0 Å². The van der Waals surface area contributed by atoms with Crippen molar-refractivity contribution in [3.63, 3.8) is 0 Å². The lowest BCUT2D eigenvalue weighted by molar-refractivity contribution is 0.697. The summed E-state index contributed by atoms with van der Waals surface area (Å²) in [6.07, 6.45) is 3.73. The van der Waals surface area contributed by atoms with Crippen molar-refractivity contribution in [3.05, 3.63) is 22.8 Å². The minimum Gasteiger partial charge on any atom is -0.365 e. The molecular weight excluding hydrogens is 228 g/mol. The van der Waals surface area contributed by atoms with Gasteiger partial charge in [-0.2, -0.15) is 0 Å². The molecule has 0 aliphatic heterocycles. The second-order valence-corrected chi connectivity index (χ2v) is 4.42. The molecule has 0 radical (unpaired) electrons. The van der Waals surface area contributed by atoms with Gasteiger partial charge in [-0.25, -0.2) is 4.98 Å². The summed E-state index contributed by atoms with van der Waals surface area (Å²) in [5.74, 6) is 0.980. The van der Waals surface area contributed by atoms with E-state index in [2.05, 4.69) is 33.2 Å². The Morgan fingerprint density at radius 3 is 2.85 bits per heavy atom. The quantitative estimate of drug-likeness (QED) is 0.822. The van der Waals surface area contributed by atoms with E-state index in [0.717, 1.165) is 10.4 Å². The lowest BCUT2D eigenvalue weighted by atomic mass is 10.2. The Morgan fingerprint density at radius 2 is 2.31 bits per heavy atom. The van der Waals surface area contributed by atoms with Gasteiger partial charge in [0.25, 0.3) is 0 Å². The van der Waals surface area contributed by atoms with Crippen LogP contribution in [0.2, 0.25) is 0 Å². The fourth-order valence-electron chi connectivity index (χ4n) is 1.47. The van der Waals surface area contributed by atoms with Crippen molar-refractivity contribution in [2.45, 2.75) is 31.7 Å². The summed E-state index contributed by atoms with van der Waals surface area (Å²) in [6, 6.07) is 5.96. The van der Waals surface area contributed by atoms with Crippen LogP contribution in [-0.2, 0) is 0 Å². The molecule has 0 aromatic carbocycles. The predicted octanol–water partition coefficient (Wildman–Crippen LogP) is 3.20. The van der Waals surface area contributed by atoms with E-state index in [1.54, 1.807) is 0 Å². The first-order valence-electron chi connectivity index (χ1n) is 4.65. The number of pyridine rings is 1. The molecule has 1 fully saturated rings. The van der Waals surface area contributed by atoms with Crippen molar-refractivity contribution in [1.82, 2.24) is 4.98 Å². The fraction of sp³-hybridized carbons (Fsp3) is 0.500. The average Bonchev–Trinajstić information content (AvgIpc) is 2.86. The van der Waals surface area contributed by atoms with Gasteiger partial charge in [-0.1, -0.05) is 13.0 Å². The Kier molecular flexibility index (Phi) is 2.28. The molecule has 1 aromatic heterocycles. The summed E-state index contributed by atoms with van der Waals surface area (Å²) in [4.78, 5) is 4.35. The molecule has 2 nitrogen and oxygen atoms in total. The lowest BCUT2D eigenvalue weighted by Gasteiger charge is -2.15. The first-order valence-corrected chi connectivity index (χ1v) is 5.44. The highest BCUT2D eigenvalue weighted by atomic mass is 79.9. The summed E-state index contributed by atoms with van der Waals surface area (Å²) in [6.45, 7) is 2.22. The minimum atomic E-state index is 0.355. The maximum absolute atomic E-state index is 4.35. The van der Waals surface area contributed by atoms with Gasteiger partial charge in [-0.15, -0.1) is 0 Å². The SMILES string of the molecule is CCC1(Nc2cccc(Br)n2)CC1. The van der Waals surface area contributed by atoms with Gasteiger partial charge in [0.1, 0.15) is 10.4 Å². The van der Waals surface area contributed by atoms with Crippen molar-refractivity contribution in [3.8, 4) is 0 Å². The highest BCUT2D eigenvalue weighted by Gasteiger charge is 2.40. The molecule has 0 unspecified atom stereocenters. The van der Waals surface area contributed by atoms with Gasteiger partial charge in [0, 0.05) is 5.54 Å². The lowest BCUT2D eigenvalue weighted by Crippen LogP contribution is -2.20. The van der Waals surface area contributed by atoms with Crippen LogP contribution in [0.25, 0.3) is 0 Å². The van der Waals surface area contributed by atoms with Crippen LogP contribution in [-0.4, -0.2) is 10.5 Å². The van der Waals surface area contributed by atoms with Gasteiger partial charge in [0.15, 0.2) is 0 Å². The van der Waals surface area contributed by atoms with Crippen molar-refractivity contribution in [2.75, 3.05) is 5.32 Å².